The Bertz CT molecular complexity index is 1220. The van der Waals surface area contributed by atoms with Crippen LogP contribution in [0.1, 0.15) is 28.8 Å². The summed E-state index contributed by atoms with van der Waals surface area (Å²) in [7, 11) is 0. The van der Waals surface area contributed by atoms with Crippen LogP contribution < -0.4 is 14.8 Å². The fourth-order valence-electron chi connectivity index (χ4n) is 4.19. The standard InChI is InChI=1S/C22H21N5O2S/c1-2-5-18-15(4-1)19-20(25-22(26-21(19)30-18)27-11-3-9-24-27)23-10-8-14-6-7-16-17(12-14)29-13-28-16/h3,6-7,9,11-12H,1-2,4-5,8,10,13H2,(H,23,25,26). The van der Waals surface area contributed by atoms with E-state index in [1.165, 1.54) is 34.2 Å². The molecule has 3 aromatic heterocycles. The van der Waals surface area contributed by atoms with Crippen LogP contribution in [0.4, 0.5) is 5.82 Å². The van der Waals surface area contributed by atoms with Crippen molar-refractivity contribution in [3.8, 4) is 17.4 Å². The molecule has 8 heteroatoms. The number of nitrogens with zero attached hydrogens (tertiary/aromatic N) is 4. The first-order valence-corrected chi connectivity index (χ1v) is 11.1. The average molecular weight is 420 g/mol. The van der Waals surface area contributed by atoms with Crippen molar-refractivity contribution in [3.63, 3.8) is 0 Å². The summed E-state index contributed by atoms with van der Waals surface area (Å²) in [6, 6.07) is 8.01. The molecule has 1 aliphatic carbocycles. The number of rotatable bonds is 5. The molecule has 0 radical (unpaired) electrons. The number of anilines is 1. The Morgan fingerprint density at radius 2 is 2.03 bits per heavy atom. The predicted molar refractivity (Wildman–Crippen MR) is 116 cm³/mol. The number of aryl methyl sites for hydroxylation is 2. The lowest BCUT2D eigenvalue weighted by Gasteiger charge is -2.13. The van der Waals surface area contributed by atoms with Gasteiger partial charge in [-0.05, 0) is 61.4 Å². The lowest BCUT2D eigenvalue weighted by molar-refractivity contribution is 0.174. The maximum absolute atomic E-state index is 5.50. The van der Waals surface area contributed by atoms with Gasteiger partial charge < -0.3 is 14.8 Å². The van der Waals surface area contributed by atoms with Gasteiger partial charge >= 0.3 is 0 Å². The molecule has 7 nitrogen and oxygen atoms in total. The van der Waals surface area contributed by atoms with E-state index >= 15 is 0 Å². The third kappa shape index (κ3) is 3.08. The van der Waals surface area contributed by atoms with Crippen molar-refractivity contribution in [2.45, 2.75) is 32.1 Å². The number of hydrogen-bond acceptors (Lipinski definition) is 7. The molecule has 0 amide bonds. The quantitative estimate of drug-likeness (QED) is 0.524. The van der Waals surface area contributed by atoms with E-state index in [1.54, 1.807) is 22.2 Å². The Labute approximate surface area is 177 Å². The molecule has 0 saturated carbocycles. The second-order valence-electron chi connectivity index (χ2n) is 7.58. The Morgan fingerprint density at radius 3 is 2.97 bits per heavy atom. The zero-order valence-electron chi connectivity index (χ0n) is 16.4. The molecule has 6 rings (SSSR count). The normalized spacial score (nSPS) is 14.8. The van der Waals surface area contributed by atoms with Crippen molar-refractivity contribution in [2.24, 2.45) is 0 Å². The summed E-state index contributed by atoms with van der Waals surface area (Å²) in [4.78, 5) is 12.2. The summed E-state index contributed by atoms with van der Waals surface area (Å²) >= 11 is 1.81. The van der Waals surface area contributed by atoms with E-state index < -0.39 is 0 Å². The number of benzene rings is 1. The van der Waals surface area contributed by atoms with Crippen LogP contribution >= 0.6 is 11.3 Å². The molecular weight excluding hydrogens is 398 g/mol. The van der Waals surface area contributed by atoms with Gasteiger partial charge in [0.05, 0.1) is 5.39 Å². The SMILES string of the molecule is c1cnn(-c2nc(NCCc3ccc4c(c3)OCO4)c3c4c(sc3n2)CCCC4)c1. The Morgan fingerprint density at radius 1 is 1.10 bits per heavy atom. The van der Waals surface area contributed by atoms with Gasteiger partial charge in [0.25, 0.3) is 5.95 Å². The lowest BCUT2D eigenvalue weighted by atomic mass is 9.97. The molecule has 2 aliphatic rings. The van der Waals surface area contributed by atoms with E-state index in [1.807, 2.05) is 18.3 Å². The van der Waals surface area contributed by atoms with Crippen molar-refractivity contribution in [1.29, 1.82) is 0 Å². The third-order valence-electron chi connectivity index (χ3n) is 5.66. The highest BCUT2D eigenvalue weighted by Gasteiger charge is 2.21. The molecule has 0 unspecified atom stereocenters. The zero-order valence-corrected chi connectivity index (χ0v) is 17.2. The van der Waals surface area contributed by atoms with E-state index in [9.17, 15) is 0 Å². The van der Waals surface area contributed by atoms with E-state index in [4.69, 9.17) is 19.4 Å². The first-order chi connectivity index (χ1) is 14.8. The van der Waals surface area contributed by atoms with Crippen molar-refractivity contribution in [2.75, 3.05) is 18.7 Å². The number of nitrogens with one attached hydrogen (secondary N) is 1. The molecule has 4 aromatic rings. The van der Waals surface area contributed by atoms with Crippen LogP contribution in [-0.4, -0.2) is 33.1 Å². The molecule has 152 valence electrons. The molecule has 0 spiro atoms. The van der Waals surface area contributed by atoms with Crippen molar-refractivity contribution in [1.82, 2.24) is 19.7 Å². The van der Waals surface area contributed by atoms with Gasteiger partial charge in [-0.2, -0.15) is 15.1 Å². The highest BCUT2D eigenvalue weighted by molar-refractivity contribution is 7.19. The average Bonchev–Trinajstić information content (AvgIpc) is 3.51. The Balaban J connectivity index is 1.32. The summed E-state index contributed by atoms with van der Waals surface area (Å²) < 4.78 is 12.6. The van der Waals surface area contributed by atoms with E-state index in [-0.39, 0.29) is 0 Å². The maximum atomic E-state index is 5.50. The largest absolute Gasteiger partial charge is 0.454 e. The van der Waals surface area contributed by atoms with Crippen LogP contribution in [0.3, 0.4) is 0 Å². The number of thiophene rings is 1. The number of hydrogen-bond donors (Lipinski definition) is 1. The zero-order chi connectivity index (χ0) is 19.9. The second-order valence-corrected chi connectivity index (χ2v) is 8.66. The Kier molecular flexibility index (Phi) is 4.30. The van der Waals surface area contributed by atoms with Crippen molar-refractivity contribution < 1.29 is 9.47 Å². The molecule has 1 N–H and O–H groups in total. The van der Waals surface area contributed by atoms with Crippen LogP contribution in [0.15, 0.2) is 36.7 Å². The van der Waals surface area contributed by atoms with Gasteiger partial charge in [0.1, 0.15) is 10.6 Å². The van der Waals surface area contributed by atoms with Gasteiger partial charge in [0, 0.05) is 23.8 Å². The Hall–Kier alpha value is -3.13. The van der Waals surface area contributed by atoms with E-state index in [2.05, 4.69) is 22.5 Å². The van der Waals surface area contributed by atoms with Crippen LogP contribution in [0, 0.1) is 0 Å². The van der Waals surface area contributed by atoms with Gasteiger partial charge in [-0.15, -0.1) is 11.3 Å². The van der Waals surface area contributed by atoms with Crippen LogP contribution in [-0.2, 0) is 19.3 Å². The van der Waals surface area contributed by atoms with Crippen LogP contribution in [0.2, 0.25) is 0 Å². The fraction of sp³-hybridized carbons (Fsp3) is 0.318. The third-order valence-corrected chi connectivity index (χ3v) is 6.84. The fourth-order valence-corrected chi connectivity index (χ4v) is 5.44. The minimum atomic E-state index is 0.301. The lowest BCUT2D eigenvalue weighted by Crippen LogP contribution is -2.11. The van der Waals surface area contributed by atoms with Gasteiger partial charge in [0.15, 0.2) is 11.5 Å². The minimum Gasteiger partial charge on any atom is -0.454 e. The molecule has 0 fully saturated rings. The molecule has 0 saturated heterocycles. The van der Waals surface area contributed by atoms with E-state index in [0.29, 0.717) is 12.7 Å². The second kappa shape index (κ2) is 7.28. The molecule has 4 heterocycles. The van der Waals surface area contributed by atoms with Crippen molar-refractivity contribution >= 4 is 27.4 Å². The maximum Gasteiger partial charge on any atom is 0.253 e. The first kappa shape index (κ1) is 17.7. The highest BCUT2D eigenvalue weighted by Crippen LogP contribution is 2.39. The molecular formula is C22H21N5O2S. The van der Waals surface area contributed by atoms with Gasteiger partial charge in [-0.1, -0.05) is 6.07 Å². The monoisotopic (exact) mass is 419 g/mol. The molecule has 0 atom stereocenters. The number of fused-ring (bicyclic) bond motifs is 4. The van der Waals surface area contributed by atoms with Crippen molar-refractivity contribution in [3.05, 3.63) is 52.7 Å². The summed E-state index contributed by atoms with van der Waals surface area (Å²) in [6.45, 7) is 1.07. The summed E-state index contributed by atoms with van der Waals surface area (Å²) in [6.07, 6.45) is 9.24. The summed E-state index contributed by atoms with van der Waals surface area (Å²) in [5.74, 6) is 3.16. The van der Waals surface area contributed by atoms with Gasteiger partial charge in [-0.3, -0.25) is 0 Å². The minimum absolute atomic E-state index is 0.301. The van der Waals surface area contributed by atoms with Crippen LogP contribution in [0.5, 0.6) is 11.5 Å². The number of ether oxygens (including phenoxy) is 2. The predicted octanol–water partition coefficient (Wildman–Crippen LogP) is 4.14. The summed E-state index contributed by atoms with van der Waals surface area (Å²) in [5, 5.41) is 9.10. The van der Waals surface area contributed by atoms with E-state index in [0.717, 1.165) is 48.0 Å². The topological polar surface area (TPSA) is 74.1 Å². The molecule has 1 aromatic carbocycles. The highest BCUT2D eigenvalue weighted by atomic mass is 32.1. The molecule has 1 aliphatic heterocycles. The van der Waals surface area contributed by atoms with Gasteiger partial charge in [0.2, 0.25) is 6.79 Å². The van der Waals surface area contributed by atoms with Gasteiger partial charge in [-0.25, -0.2) is 4.68 Å². The molecule has 0 bridgehead atoms. The molecule has 30 heavy (non-hydrogen) atoms. The first-order valence-electron chi connectivity index (χ1n) is 10.3. The summed E-state index contributed by atoms with van der Waals surface area (Å²) in [5.41, 5.74) is 2.63. The smallest absolute Gasteiger partial charge is 0.253 e. The number of aromatic nitrogens is 4. The van der Waals surface area contributed by atoms with Crippen LogP contribution in [0.25, 0.3) is 16.2 Å².